The first-order valence-corrected chi connectivity index (χ1v) is 8.35. The summed E-state index contributed by atoms with van der Waals surface area (Å²) in [6.07, 6.45) is -3.91. The highest BCUT2D eigenvalue weighted by Crippen LogP contribution is 2.28. The normalized spacial score (nSPS) is 13.0. The Bertz CT molecular complexity index is 770. The van der Waals surface area contributed by atoms with Crippen LogP contribution in [0.4, 0.5) is 13.2 Å². The quantitative estimate of drug-likeness (QED) is 0.846. The molecule has 0 aliphatic heterocycles. The van der Waals surface area contributed by atoms with Crippen molar-refractivity contribution in [2.24, 2.45) is 0 Å². The summed E-state index contributed by atoms with van der Waals surface area (Å²) in [5, 5.41) is 6.56. The van der Waals surface area contributed by atoms with Crippen LogP contribution in [0.1, 0.15) is 17.2 Å². The van der Waals surface area contributed by atoms with Crippen LogP contribution in [0.2, 0.25) is 0 Å². The number of hydrogen-bond donors (Lipinski definition) is 1. The Balaban J connectivity index is 2.04. The van der Waals surface area contributed by atoms with Gasteiger partial charge in [0.1, 0.15) is 6.54 Å². The minimum absolute atomic E-state index is 0.0616. The first kappa shape index (κ1) is 19.2. The molecule has 0 radical (unpaired) electrons. The van der Waals surface area contributed by atoms with Crippen molar-refractivity contribution < 1.29 is 18.0 Å². The smallest absolute Gasteiger partial charge is 0.353 e. The van der Waals surface area contributed by atoms with E-state index in [0.29, 0.717) is 12.3 Å². The number of hydrogen-bond acceptors (Lipinski definition) is 4. The third-order valence-corrected chi connectivity index (χ3v) is 4.37. The van der Waals surface area contributed by atoms with Gasteiger partial charge < -0.3 is 14.8 Å². The molecule has 0 saturated carbocycles. The van der Waals surface area contributed by atoms with Crippen LogP contribution in [0, 0.1) is 0 Å². The summed E-state index contributed by atoms with van der Waals surface area (Å²) in [6.45, 7) is -0.178. The topological polar surface area (TPSA) is 54.3 Å². The molecular formula is C16H18F3N3O2S. The number of pyridine rings is 1. The van der Waals surface area contributed by atoms with E-state index in [0.717, 1.165) is 16.2 Å². The predicted octanol–water partition coefficient (Wildman–Crippen LogP) is 2.35. The van der Waals surface area contributed by atoms with Gasteiger partial charge >= 0.3 is 6.18 Å². The van der Waals surface area contributed by atoms with Crippen LogP contribution in [0.5, 0.6) is 0 Å². The lowest BCUT2D eigenvalue weighted by Crippen LogP contribution is -2.37. The number of carbonyl (C=O) groups is 1. The third-order valence-electron chi connectivity index (χ3n) is 3.67. The van der Waals surface area contributed by atoms with Gasteiger partial charge in [0, 0.05) is 18.8 Å². The number of rotatable bonds is 6. The predicted molar refractivity (Wildman–Crippen MR) is 89.5 cm³/mol. The molecule has 1 atom stereocenters. The van der Waals surface area contributed by atoms with E-state index in [9.17, 15) is 22.8 Å². The van der Waals surface area contributed by atoms with E-state index in [2.05, 4.69) is 5.32 Å². The van der Waals surface area contributed by atoms with E-state index in [1.54, 1.807) is 0 Å². The largest absolute Gasteiger partial charge is 0.417 e. The summed E-state index contributed by atoms with van der Waals surface area (Å²) in [6, 6.07) is 3.39. The summed E-state index contributed by atoms with van der Waals surface area (Å²) >= 11 is 1.54. The van der Waals surface area contributed by atoms with E-state index in [1.165, 1.54) is 11.3 Å². The molecule has 2 aromatic heterocycles. The van der Waals surface area contributed by atoms with E-state index in [-0.39, 0.29) is 12.6 Å². The molecule has 1 N–H and O–H groups in total. The summed E-state index contributed by atoms with van der Waals surface area (Å²) in [4.78, 5) is 25.7. The molecule has 1 amide bonds. The zero-order valence-electron chi connectivity index (χ0n) is 13.7. The zero-order chi connectivity index (χ0) is 18.6. The van der Waals surface area contributed by atoms with Crippen LogP contribution in [-0.4, -0.2) is 36.0 Å². The molecule has 2 aromatic rings. The first-order valence-electron chi connectivity index (χ1n) is 7.41. The van der Waals surface area contributed by atoms with Crippen LogP contribution in [0.3, 0.4) is 0 Å². The maximum absolute atomic E-state index is 12.7. The highest BCUT2D eigenvalue weighted by Gasteiger charge is 2.31. The van der Waals surface area contributed by atoms with Crippen molar-refractivity contribution in [3.8, 4) is 0 Å². The lowest BCUT2D eigenvalue weighted by Gasteiger charge is -2.24. The fourth-order valence-corrected chi connectivity index (χ4v) is 3.01. The molecule has 0 spiro atoms. The molecule has 0 saturated heterocycles. The molecule has 0 aromatic carbocycles. The molecule has 0 aliphatic carbocycles. The monoisotopic (exact) mass is 373 g/mol. The molecular weight excluding hydrogens is 355 g/mol. The number of aromatic nitrogens is 1. The highest BCUT2D eigenvalue weighted by molar-refractivity contribution is 7.07. The summed E-state index contributed by atoms with van der Waals surface area (Å²) in [5.74, 6) is -0.525. The van der Waals surface area contributed by atoms with Gasteiger partial charge in [-0.1, -0.05) is 0 Å². The Morgan fingerprint density at radius 3 is 2.60 bits per heavy atom. The van der Waals surface area contributed by atoms with Gasteiger partial charge in [-0.15, -0.1) is 0 Å². The van der Waals surface area contributed by atoms with Gasteiger partial charge in [-0.25, -0.2) is 0 Å². The minimum atomic E-state index is -4.57. The second-order valence-corrected chi connectivity index (χ2v) is 6.50. The average Bonchev–Trinajstić information content (AvgIpc) is 3.02. The number of likely N-dealkylation sites (N-methyl/N-ethyl adjacent to an activating group) is 1. The van der Waals surface area contributed by atoms with Crippen LogP contribution in [0.25, 0.3) is 0 Å². The molecule has 2 heterocycles. The summed E-state index contributed by atoms with van der Waals surface area (Å²) in [7, 11) is 3.73. The van der Waals surface area contributed by atoms with Crippen molar-refractivity contribution in [1.82, 2.24) is 14.8 Å². The number of carbonyl (C=O) groups excluding carboxylic acids is 1. The second-order valence-electron chi connectivity index (χ2n) is 5.72. The standard InChI is InChI=1S/C16H18F3N3O2S/c1-21(2)13(11-5-6-25-10-11)7-20-14(23)9-22-8-12(16(17,18)19)3-4-15(22)24/h3-6,8,10,13H,7,9H2,1-2H3,(H,20,23). The van der Waals surface area contributed by atoms with Crippen molar-refractivity contribution in [2.75, 3.05) is 20.6 Å². The number of nitrogens with zero attached hydrogens (tertiary/aromatic N) is 2. The molecule has 9 heteroatoms. The van der Waals surface area contributed by atoms with E-state index in [1.807, 2.05) is 35.8 Å². The van der Waals surface area contributed by atoms with Gasteiger partial charge in [-0.2, -0.15) is 24.5 Å². The lowest BCUT2D eigenvalue weighted by molar-refractivity contribution is -0.138. The van der Waals surface area contributed by atoms with Crippen molar-refractivity contribution in [3.63, 3.8) is 0 Å². The van der Waals surface area contributed by atoms with Gasteiger partial charge in [0.15, 0.2) is 0 Å². The number of halogens is 3. The van der Waals surface area contributed by atoms with Crippen molar-refractivity contribution in [1.29, 1.82) is 0 Å². The molecule has 5 nitrogen and oxygen atoms in total. The Labute approximate surface area is 146 Å². The van der Waals surface area contributed by atoms with Crippen LogP contribution >= 0.6 is 11.3 Å². The first-order chi connectivity index (χ1) is 11.7. The molecule has 2 rings (SSSR count). The zero-order valence-corrected chi connectivity index (χ0v) is 14.5. The molecule has 25 heavy (non-hydrogen) atoms. The third kappa shape index (κ3) is 5.17. The van der Waals surface area contributed by atoms with E-state index in [4.69, 9.17) is 0 Å². The molecule has 0 fully saturated rings. The van der Waals surface area contributed by atoms with Gasteiger partial charge in [0.05, 0.1) is 11.6 Å². The number of nitrogens with one attached hydrogen (secondary N) is 1. The SMILES string of the molecule is CN(C)C(CNC(=O)Cn1cc(C(F)(F)F)ccc1=O)c1ccsc1. The molecule has 0 bridgehead atoms. The molecule has 0 aliphatic rings. The molecule has 1 unspecified atom stereocenters. The lowest BCUT2D eigenvalue weighted by atomic mass is 10.1. The maximum Gasteiger partial charge on any atom is 0.417 e. The fraction of sp³-hybridized carbons (Fsp3) is 0.375. The Kier molecular flexibility index (Phi) is 6.02. The molecule has 136 valence electrons. The minimum Gasteiger partial charge on any atom is -0.353 e. The maximum atomic E-state index is 12.7. The van der Waals surface area contributed by atoms with Crippen LogP contribution in [0.15, 0.2) is 40.0 Å². The van der Waals surface area contributed by atoms with E-state index < -0.39 is 29.8 Å². The average molecular weight is 373 g/mol. The van der Waals surface area contributed by atoms with Gasteiger partial charge in [0.2, 0.25) is 5.91 Å². The van der Waals surface area contributed by atoms with Crippen molar-refractivity contribution >= 4 is 17.2 Å². The van der Waals surface area contributed by atoms with Gasteiger partial charge in [-0.3, -0.25) is 9.59 Å². The Morgan fingerprint density at radius 2 is 2.04 bits per heavy atom. The fourth-order valence-electron chi connectivity index (χ4n) is 2.31. The van der Waals surface area contributed by atoms with Crippen molar-refractivity contribution in [2.45, 2.75) is 18.8 Å². The second kappa shape index (κ2) is 7.83. The number of alkyl halides is 3. The van der Waals surface area contributed by atoms with E-state index >= 15 is 0 Å². The Hall–Kier alpha value is -2.13. The van der Waals surface area contributed by atoms with Crippen LogP contribution in [-0.2, 0) is 17.5 Å². The number of thiophene rings is 1. The van der Waals surface area contributed by atoms with Crippen LogP contribution < -0.4 is 10.9 Å². The van der Waals surface area contributed by atoms with Gasteiger partial charge in [0.25, 0.3) is 5.56 Å². The Morgan fingerprint density at radius 1 is 1.32 bits per heavy atom. The highest BCUT2D eigenvalue weighted by atomic mass is 32.1. The number of amides is 1. The van der Waals surface area contributed by atoms with Gasteiger partial charge in [-0.05, 0) is 42.6 Å². The summed E-state index contributed by atoms with van der Waals surface area (Å²) in [5.41, 5.74) is -0.596. The summed E-state index contributed by atoms with van der Waals surface area (Å²) < 4.78 is 38.9. The van der Waals surface area contributed by atoms with Crippen molar-refractivity contribution in [3.05, 3.63) is 56.6 Å².